The predicted octanol–water partition coefficient (Wildman–Crippen LogP) is 1.46. The van der Waals surface area contributed by atoms with Gasteiger partial charge >= 0.3 is 0 Å². The molecule has 100 valence electrons. The quantitative estimate of drug-likeness (QED) is 0.852. The van der Waals surface area contributed by atoms with Crippen LogP contribution in [-0.2, 0) is 0 Å². The molecule has 1 aliphatic heterocycles. The van der Waals surface area contributed by atoms with Crippen LogP contribution in [0, 0.1) is 5.92 Å². The van der Waals surface area contributed by atoms with Gasteiger partial charge in [0.05, 0.1) is 12.2 Å². The molecule has 0 aromatic heterocycles. The Bertz CT molecular complexity index is 394. The zero-order valence-electron chi connectivity index (χ0n) is 10.4. The summed E-state index contributed by atoms with van der Waals surface area (Å²) in [5.74, 6) is 1.17. The molecule has 0 radical (unpaired) electrons. The standard InChI is InChI=1S/C13H18N2O2.ClH/c1-2-17-12-6-4-3-5-11(12)13(16)15-9-10-7-14-8-10;/h3-6,10,14H,2,7-9H2,1H3,(H,15,16);1H. The van der Waals surface area contributed by atoms with Crippen LogP contribution in [-0.4, -0.2) is 32.1 Å². The van der Waals surface area contributed by atoms with Crippen LogP contribution in [0.5, 0.6) is 5.75 Å². The molecule has 0 bridgehead atoms. The van der Waals surface area contributed by atoms with E-state index in [0.29, 0.717) is 23.8 Å². The number of nitrogens with one attached hydrogen (secondary N) is 2. The third kappa shape index (κ3) is 3.62. The van der Waals surface area contributed by atoms with E-state index in [0.717, 1.165) is 19.6 Å². The summed E-state index contributed by atoms with van der Waals surface area (Å²) in [5.41, 5.74) is 0.613. The summed E-state index contributed by atoms with van der Waals surface area (Å²) in [6.07, 6.45) is 0. The van der Waals surface area contributed by atoms with E-state index < -0.39 is 0 Å². The van der Waals surface area contributed by atoms with Crippen molar-refractivity contribution in [3.8, 4) is 5.75 Å². The SMILES string of the molecule is CCOc1ccccc1C(=O)NCC1CNC1.Cl. The lowest BCUT2D eigenvalue weighted by molar-refractivity contribution is 0.0938. The van der Waals surface area contributed by atoms with E-state index in [1.165, 1.54) is 0 Å². The molecule has 1 aromatic carbocycles. The minimum Gasteiger partial charge on any atom is -0.493 e. The van der Waals surface area contributed by atoms with Gasteiger partial charge in [0.15, 0.2) is 0 Å². The van der Waals surface area contributed by atoms with Gasteiger partial charge in [-0.2, -0.15) is 0 Å². The van der Waals surface area contributed by atoms with Crippen LogP contribution in [0.25, 0.3) is 0 Å². The van der Waals surface area contributed by atoms with Gasteiger partial charge in [-0.25, -0.2) is 0 Å². The maximum absolute atomic E-state index is 12.0. The van der Waals surface area contributed by atoms with Gasteiger partial charge < -0.3 is 15.4 Å². The van der Waals surface area contributed by atoms with E-state index in [1.807, 2.05) is 25.1 Å². The third-order valence-electron chi connectivity index (χ3n) is 2.85. The molecule has 2 rings (SSSR count). The summed E-state index contributed by atoms with van der Waals surface area (Å²) >= 11 is 0. The van der Waals surface area contributed by atoms with Gasteiger partial charge in [-0.15, -0.1) is 12.4 Å². The number of halogens is 1. The van der Waals surface area contributed by atoms with E-state index in [4.69, 9.17) is 4.74 Å². The highest BCUT2D eigenvalue weighted by atomic mass is 35.5. The molecule has 18 heavy (non-hydrogen) atoms. The number of benzene rings is 1. The molecule has 1 amide bonds. The molecular weight excluding hydrogens is 252 g/mol. The Labute approximate surface area is 114 Å². The molecule has 1 aromatic rings. The monoisotopic (exact) mass is 270 g/mol. The maximum Gasteiger partial charge on any atom is 0.255 e. The average Bonchev–Trinajstić information content (AvgIpc) is 2.28. The third-order valence-corrected chi connectivity index (χ3v) is 2.85. The second-order valence-corrected chi connectivity index (χ2v) is 4.16. The molecule has 4 nitrogen and oxygen atoms in total. The fraction of sp³-hybridized carbons (Fsp3) is 0.462. The minimum absolute atomic E-state index is 0. The van der Waals surface area contributed by atoms with Crippen molar-refractivity contribution in [2.45, 2.75) is 6.92 Å². The normalized spacial score (nSPS) is 14.3. The molecule has 0 spiro atoms. The number of carbonyl (C=O) groups excluding carboxylic acids is 1. The Hall–Kier alpha value is -1.26. The van der Waals surface area contributed by atoms with E-state index in [1.54, 1.807) is 6.07 Å². The van der Waals surface area contributed by atoms with Crippen LogP contribution in [0.2, 0.25) is 0 Å². The summed E-state index contributed by atoms with van der Waals surface area (Å²) < 4.78 is 5.43. The fourth-order valence-corrected chi connectivity index (χ4v) is 1.76. The second kappa shape index (κ2) is 7.24. The van der Waals surface area contributed by atoms with E-state index >= 15 is 0 Å². The number of para-hydroxylation sites is 1. The molecule has 5 heteroatoms. The van der Waals surface area contributed by atoms with Crippen molar-refractivity contribution in [3.63, 3.8) is 0 Å². The summed E-state index contributed by atoms with van der Waals surface area (Å²) in [4.78, 5) is 12.0. The smallest absolute Gasteiger partial charge is 0.255 e. The lowest BCUT2D eigenvalue weighted by Gasteiger charge is -2.27. The van der Waals surface area contributed by atoms with Crippen LogP contribution in [0.1, 0.15) is 17.3 Å². The largest absolute Gasteiger partial charge is 0.493 e. The average molecular weight is 271 g/mol. The molecule has 0 unspecified atom stereocenters. The molecule has 1 heterocycles. The van der Waals surface area contributed by atoms with Crippen molar-refractivity contribution in [3.05, 3.63) is 29.8 Å². The Balaban J connectivity index is 0.00000162. The Kier molecular flexibility index (Phi) is 5.95. The first-order valence-electron chi connectivity index (χ1n) is 6.02. The maximum atomic E-state index is 12.0. The van der Waals surface area contributed by atoms with Crippen molar-refractivity contribution in [1.82, 2.24) is 10.6 Å². The lowest BCUT2D eigenvalue weighted by atomic mass is 10.0. The highest BCUT2D eigenvalue weighted by Gasteiger charge is 2.18. The zero-order valence-corrected chi connectivity index (χ0v) is 11.3. The molecule has 0 aliphatic carbocycles. The van der Waals surface area contributed by atoms with Crippen molar-refractivity contribution < 1.29 is 9.53 Å². The van der Waals surface area contributed by atoms with Crippen LogP contribution in [0.3, 0.4) is 0 Å². The topological polar surface area (TPSA) is 50.4 Å². The van der Waals surface area contributed by atoms with E-state index in [9.17, 15) is 4.79 Å². The molecule has 1 fully saturated rings. The first-order valence-corrected chi connectivity index (χ1v) is 6.02. The summed E-state index contributed by atoms with van der Waals surface area (Å²) in [5, 5.41) is 6.12. The number of hydrogen-bond acceptors (Lipinski definition) is 3. The van der Waals surface area contributed by atoms with Crippen molar-refractivity contribution in [2.24, 2.45) is 5.92 Å². The molecule has 2 N–H and O–H groups in total. The van der Waals surface area contributed by atoms with E-state index in [2.05, 4.69) is 10.6 Å². The number of hydrogen-bond donors (Lipinski definition) is 2. The molecule has 0 atom stereocenters. The molecular formula is C13H19ClN2O2. The summed E-state index contributed by atoms with van der Waals surface area (Å²) in [6.45, 7) is 5.19. The fourth-order valence-electron chi connectivity index (χ4n) is 1.76. The first kappa shape index (κ1) is 14.8. The van der Waals surface area contributed by atoms with Crippen LogP contribution >= 0.6 is 12.4 Å². The number of amides is 1. The summed E-state index contributed by atoms with van der Waals surface area (Å²) in [7, 11) is 0. The highest BCUT2D eigenvalue weighted by molar-refractivity contribution is 5.96. The number of ether oxygens (including phenoxy) is 1. The Morgan fingerprint density at radius 3 is 2.78 bits per heavy atom. The highest BCUT2D eigenvalue weighted by Crippen LogP contribution is 2.17. The molecule has 1 aliphatic rings. The second-order valence-electron chi connectivity index (χ2n) is 4.16. The van der Waals surface area contributed by atoms with Crippen molar-refractivity contribution in [2.75, 3.05) is 26.2 Å². The van der Waals surface area contributed by atoms with Crippen molar-refractivity contribution >= 4 is 18.3 Å². The molecule has 1 saturated heterocycles. The predicted molar refractivity (Wildman–Crippen MR) is 73.6 cm³/mol. The van der Waals surface area contributed by atoms with Gasteiger partial charge in [-0.1, -0.05) is 12.1 Å². The van der Waals surface area contributed by atoms with Gasteiger partial charge in [0.25, 0.3) is 5.91 Å². The van der Waals surface area contributed by atoms with Gasteiger partial charge in [-0.05, 0) is 19.1 Å². The first-order chi connectivity index (χ1) is 8.31. The lowest BCUT2D eigenvalue weighted by Crippen LogP contribution is -2.48. The van der Waals surface area contributed by atoms with Gasteiger partial charge in [-0.3, -0.25) is 4.79 Å². The summed E-state index contributed by atoms with van der Waals surface area (Å²) in [6, 6.07) is 7.34. The zero-order chi connectivity index (χ0) is 12.1. The van der Waals surface area contributed by atoms with Gasteiger partial charge in [0.2, 0.25) is 0 Å². The minimum atomic E-state index is -0.0547. The van der Waals surface area contributed by atoms with Crippen LogP contribution in [0.15, 0.2) is 24.3 Å². The number of carbonyl (C=O) groups is 1. The van der Waals surface area contributed by atoms with Crippen LogP contribution in [0.4, 0.5) is 0 Å². The Morgan fingerprint density at radius 1 is 1.44 bits per heavy atom. The van der Waals surface area contributed by atoms with Gasteiger partial charge in [0.1, 0.15) is 5.75 Å². The van der Waals surface area contributed by atoms with Gasteiger partial charge in [0, 0.05) is 25.6 Å². The van der Waals surface area contributed by atoms with E-state index in [-0.39, 0.29) is 18.3 Å². The number of rotatable bonds is 5. The molecule has 0 saturated carbocycles. The van der Waals surface area contributed by atoms with Crippen molar-refractivity contribution in [1.29, 1.82) is 0 Å². The Morgan fingerprint density at radius 2 is 2.17 bits per heavy atom. The van der Waals surface area contributed by atoms with Crippen LogP contribution < -0.4 is 15.4 Å².